The maximum absolute atomic E-state index is 6.31. The van der Waals surface area contributed by atoms with Crippen molar-refractivity contribution in [2.24, 2.45) is 0 Å². The number of hydrogen-bond acceptors (Lipinski definition) is 2. The van der Waals surface area contributed by atoms with Crippen LogP contribution in [0.5, 0.6) is 5.75 Å². The lowest BCUT2D eigenvalue weighted by molar-refractivity contribution is 0.234. The molecule has 0 saturated carbocycles. The molecule has 1 aromatic carbocycles. The highest BCUT2D eigenvalue weighted by Gasteiger charge is 2.18. The van der Waals surface area contributed by atoms with Crippen LogP contribution in [0, 0.1) is 0 Å². The van der Waals surface area contributed by atoms with Gasteiger partial charge < -0.3 is 4.74 Å². The van der Waals surface area contributed by atoms with Crippen molar-refractivity contribution in [2.75, 3.05) is 19.7 Å². The Bertz CT molecular complexity index is 403. The minimum atomic E-state index is 0.496. The lowest BCUT2D eigenvalue weighted by atomic mass is 10.00. The summed E-state index contributed by atoms with van der Waals surface area (Å²) in [6.07, 6.45) is 0. The molecule has 0 atom stereocenters. The molecule has 0 aliphatic carbocycles. The van der Waals surface area contributed by atoms with Gasteiger partial charge in [-0.15, -0.1) is 0 Å². The zero-order valence-electron chi connectivity index (χ0n) is 10.8. The minimum absolute atomic E-state index is 0.496. The second kappa shape index (κ2) is 5.28. The van der Waals surface area contributed by atoms with Gasteiger partial charge in [-0.3, -0.25) is 4.90 Å². The molecule has 0 bridgehead atoms. The first-order valence-electron chi connectivity index (χ1n) is 6.29. The molecule has 2 rings (SSSR count). The highest BCUT2D eigenvalue weighted by molar-refractivity contribution is 6.32. The molecule has 94 valence electrons. The Labute approximate surface area is 109 Å². The standard InChI is InChI=1S/C14H20ClNO/c1-4-16-5-6-17-14-12(9-16)7-11(10(2)3)8-13(14)15/h7-8,10H,4-6,9H2,1-3H3. The van der Waals surface area contributed by atoms with Gasteiger partial charge in [0.05, 0.1) is 5.02 Å². The molecular formula is C14H20ClNO. The van der Waals surface area contributed by atoms with Gasteiger partial charge in [0.25, 0.3) is 0 Å². The molecule has 1 aliphatic heterocycles. The quantitative estimate of drug-likeness (QED) is 0.797. The van der Waals surface area contributed by atoms with Crippen LogP contribution in [0.25, 0.3) is 0 Å². The van der Waals surface area contributed by atoms with Crippen molar-refractivity contribution < 1.29 is 4.74 Å². The maximum atomic E-state index is 6.31. The first-order valence-corrected chi connectivity index (χ1v) is 6.67. The summed E-state index contributed by atoms with van der Waals surface area (Å²) in [5.74, 6) is 1.38. The fourth-order valence-electron chi connectivity index (χ4n) is 2.15. The SMILES string of the molecule is CCN1CCOc2c(Cl)cc(C(C)C)cc2C1. The van der Waals surface area contributed by atoms with Crippen LogP contribution in [-0.2, 0) is 6.54 Å². The summed E-state index contributed by atoms with van der Waals surface area (Å²) < 4.78 is 5.77. The van der Waals surface area contributed by atoms with E-state index in [-0.39, 0.29) is 0 Å². The van der Waals surface area contributed by atoms with Crippen LogP contribution in [0.3, 0.4) is 0 Å². The van der Waals surface area contributed by atoms with Gasteiger partial charge >= 0.3 is 0 Å². The Morgan fingerprint density at radius 1 is 1.41 bits per heavy atom. The Kier molecular flexibility index (Phi) is 3.95. The van der Waals surface area contributed by atoms with Crippen LogP contribution >= 0.6 is 11.6 Å². The molecule has 1 aromatic rings. The second-order valence-electron chi connectivity index (χ2n) is 4.86. The first kappa shape index (κ1) is 12.7. The number of nitrogens with zero attached hydrogens (tertiary/aromatic N) is 1. The number of hydrogen-bond donors (Lipinski definition) is 0. The monoisotopic (exact) mass is 253 g/mol. The van der Waals surface area contributed by atoms with Gasteiger partial charge in [-0.25, -0.2) is 0 Å². The zero-order valence-corrected chi connectivity index (χ0v) is 11.5. The third-order valence-corrected chi connectivity index (χ3v) is 3.59. The summed E-state index contributed by atoms with van der Waals surface area (Å²) in [6.45, 7) is 10.2. The van der Waals surface area contributed by atoms with Gasteiger partial charge in [-0.1, -0.05) is 38.4 Å². The van der Waals surface area contributed by atoms with Gasteiger partial charge in [0.1, 0.15) is 12.4 Å². The number of benzene rings is 1. The lowest BCUT2D eigenvalue weighted by Crippen LogP contribution is -2.25. The van der Waals surface area contributed by atoms with E-state index in [2.05, 4.69) is 31.7 Å². The van der Waals surface area contributed by atoms with Crippen molar-refractivity contribution >= 4 is 11.6 Å². The molecule has 0 N–H and O–H groups in total. The molecule has 0 radical (unpaired) electrons. The maximum Gasteiger partial charge on any atom is 0.142 e. The summed E-state index contributed by atoms with van der Waals surface area (Å²) in [5, 5.41) is 0.754. The predicted molar refractivity (Wildman–Crippen MR) is 72.0 cm³/mol. The third-order valence-electron chi connectivity index (χ3n) is 3.30. The smallest absolute Gasteiger partial charge is 0.142 e. The molecule has 0 aromatic heterocycles. The summed E-state index contributed by atoms with van der Waals surface area (Å²) >= 11 is 6.31. The fourth-order valence-corrected chi connectivity index (χ4v) is 2.45. The largest absolute Gasteiger partial charge is 0.490 e. The third kappa shape index (κ3) is 2.75. The van der Waals surface area contributed by atoms with Crippen molar-refractivity contribution in [3.05, 3.63) is 28.3 Å². The highest BCUT2D eigenvalue weighted by atomic mass is 35.5. The fraction of sp³-hybridized carbons (Fsp3) is 0.571. The number of halogens is 1. The van der Waals surface area contributed by atoms with E-state index in [0.717, 1.165) is 37.0 Å². The van der Waals surface area contributed by atoms with Crippen LogP contribution in [0.2, 0.25) is 5.02 Å². The summed E-state index contributed by atoms with van der Waals surface area (Å²) in [7, 11) is 0. The van der Waals surface area contributed by atoms with Crippen LogP contribution < -0.4 is 4.74 Å². The average Bonchev–Trinajstić information content (AvgIpc) is 2.50. The molecule has 1 heterocycles. The molecule has 2 nitrogen and oxygen atoms in total. The normalized spacial score (nSPS) is 16.5. The molecule has 0 saturated heterocycles. The van der Waals surface area contributed by atoms with Crippen molar-refractivity contribution in [2.45, 2.75) is 33.2 Å². The number of fused-ring (bicyclic) bond motifs is 1. The van der Waals surface area contributed by atoms with Crippen LogP contribution in [0.1, 0.15) is 37.8 Å². The molecule has 0 amide bonds. The van der Waals surface area contributed by atoms with Gasteiger partial charge in [0.15, 0.2) is 0 Å². The first-order chi connectivity index (χ1) is 8.11. The van der Waals surface area contributed by atoms with Gasteiger partial charge in [0, 0.05) is 18.7 Å². The molecule has 3 heteroatoms. The van der Waals surface area contributed by atoms with Crippen molar-refractivity contribution in [1.29, 1.82) is 0 Å². The van der Waals surface area contributed by atoms with Crippen molar-refractivity contribution in [3.63, 3.8) is 0 Å². The summed E-state index contributed by atoms with van der Waals surface area (Å²) in [5.41, 5.74) is 2.51. The predicted octanol–water partition coefficient (Wildman–Crippen LogP) is 3.68. The molecular weight excluding hydrogens is 234 g/mol. The molecule has 0 fully saturated rings. The van der Waals surface area contributed by atoms with Crippen molar-refractivity contribution in [1.82, 2.24) is 4.90 Å². The van der Waals surface area contributed by atoms with E-state index in [9.17, 15) is 0 Å². The Balaban J connectivity index is 2.39. The second-order valence-corrected chi connectivity index (χ2v) is 5.27. The van der Waals surface area contributed by atoms with E-state index in [1.54, 1.807) is 0 Å². The Morgan fingerprint density at radius 3 is 2.82 bits per heavy atom. The number of rotatable bonds is 2. The minimum Gasteiger partial charge on any atom is -0.490 e. The molecule has 17 heavy (non-hydrogen) atoms. The zero-order chi connectivity index (χ0) is 12.4. The van der Waals surface area contributed by atoms with Gasteiger partial charge in [-0.2, -0.15) is 0 Å². The Hall–Kier alpha value is -0.730. The van der Waals surface area contributed by atoms with Crippen LogP contribution in [0.15, 0.2) is 12.1 Å². The lowest BCUT2D eigenvalue weighted by Gasteiger charge is -2.17. The topological polar surface area (TPSA) is 12.5 Å². The van der Waals surface area contributed by atoms with E-state index in [0.29, 0.717) is 5.92 Å². The summed E-state index contributed by atoms with van der Waals surface area (Å²) in [6, 6.07) is 4.27. The van der Waals surface area contributed by atoms with E-state index < -0.39 is 0 Å². The molecule has 0 spiro atoms. The number of ether oxygens (including phenoxy) is 1. The van der Waals surface area contributed by atoms with Crippen LogP contribution in [-0.4, -0.2) is 24.6 Å². The van der Waals surface area contributed by atoms with Crippen molar-refractivity contribution in [3.8, 4) is 5.75 Å². The van der Waals surface area contributed by atoms with E-state index in [1.807, 2.05) is 6.07 Å². The summed E-state index contributed by atoms with van der Waals surface area (Å²) in [4.78, 5) is 2.38. The molecule has 1 aliphatic rings. The van der Waals surface area contributed by atoms with Crippen LogP contribution in [0.4, 0.5) is 0 Å². The average molecular weight is 254 g/mol. The highest BCUT2D eigenvalue weighted by Crippen LogP contribution is 2.34. The molecule has 0 unspecified atom stereocenters. The van der Waals surface area contributed by atoms with E-state index in [4.69, 9.17) is 16.3 Å². The van der Waals surface area contributed by atoms with Gasteiger partial charge in [-0.05, 0) is 24.1 Å². The van der Waals surface area contributed by atoms with E-state index in [1.165, 1.54) is 11.1 Å². The van der Waals surface area contributed by atoms with E-state index >= 15 is 0 Å². The number of likely N-dealkylation sites (N-methyl/N-ethyl adjacent to an activating group) is 1. The van der Waals surface area contributed by atoms with Gasteiger partial charge in [0.2, 0.25) is 0 Å². The Morgan fingerprint density at radius 2 is 2.18 bits per heavy atom.